The fourth-order valence-corrected chi connectivity index (χ4v) is 3.96. The molecule has 1 aliphatic heterocycles. The predicted octanol–water partition coefficient (Wildman–Crippen LogP) is 3.02. The van der Waals surface area contributed by atoms with Crippen LogP contribution in [0.4, 0.5) is 5.82 Å². The van der Waals surface area contributed by atoms with E-state index in [1.54, 1.807) is 12.3 Å². The van der Waals surface area contributed by atoms with Crippen LogP contribution < -0.4 is 10.5 Å². The Labute approximate surface area is 170 Å². The summed E-state index contributed by atoms with van der Waals surface area (Å²) in [5.41, 5.74) is 2.52. The molecule has 1 N–H and O–H groups in total. The highest BCUT2D eigenvalue weighted by Gasteiger charge is 2.27. The molecule has 4 heterocycles. The van der Waals surface area contributed by atoms with Crippen molar-refractivity contribution in [1.29, 1.82) is 0 Å². The van der Waals surface area contributed by atoms with Gasteiger partial charge in [0.05, 0.1) is 11.7 Å². The van der Waals surface area contributed by atoms with Gasteiger partial charge in [0.2, 0.25) is 0 Å². The number of nitrogens with one attached hydrogen (secondary N) is 1. The summed E-state index contributed by atoms with van der Waals surface area (Å²) < 4.78 is 0. The second-order valence-corrected chi connectivity index (χ2v) is 7.60. The standard InChI is InChI=1S/C22H26N6O/c1-27(2)22-16(8-7-12-24-22)15-28-13-6-4-10-19(28)18-14-20(29)26-21(25-18)17-9-3-5-11-23-17/h3,5,7-9,11-12,14,19H,4,6,10,13,15H2,1-2H3,(H,25,26,29)/t19-/m0/s1. The minimum absolute atomic E-state index is 0.101. The number of aromatic nitrogens is 4. The normalized spacial score (nSPS) is 17.2. The molecule has 1 atom stereocenters. The summed E-state index contributed by atoms with van der Waals surface area (Å²) in [5, 5.41) is 0. The van der Waals surface area contributed by atoms with Crippen molar-refractivity contribution in [2.75, 3.05) is 25.5 Å². The van der Waals surface area contributed by atoms with Crippen LogP contribution in [0.15, 0.2) is 53.6 Å². The first-order chi connectivity index (χ1) is 14.1. The van der Waals surface area contributed by atoms with Crippen LogP contribution in [0.1, 0.15) is 36.6 Å². The van der Waals surface area contributed by atoms with E-state index in [9.17, 15) is 4.79 Å². The van der Waals surface area contributed by atoms with Gasteiger partial charge in [-0.25, -0.2) is 9.97 Å². The van der Waals surface area contributed by atoms with Crippen LogP contribution >= 0.6 is 0 Å². The Kier molecular flexibility index (Phi) is 5.67. The Morgan fingerprint density at radius 3 is 2.79 bits per heavy atom. The zero-order valence-electron chi connectivity index (χ0n) is 16.9. The Hall–Kier alpha value is -3.06. The number of rotatable bonds is 5. The quantitative estimate of drug-likeness (QED) is 0.722. The van der Waals surface area contributed by atoms with Gasteiger partial charge in [-0.1, -0.05) is 18.6 Å². The Bertz CT molecular complexity index is 1020. The van der Waals surface area contributed by atoms with Gasteiger partial charge >= 0.3 is 0 Å². The summed E-state index contributed by atoms with van der Waals surface area (Å²) in [5.74, 6) is 1.50. The van der Waals surface area contributed by atoms with Crippen LogP contribution in [0, 0.1) is 0 Å². The molecule has 0 aromatic carbocycles. The van der Waals surface area contributed by atoms with E-state index < -0.39 is 0 Å². The highest BCUT2D eigenvalue weighted by atomic mass is 16.1. The summed E-state index contributed by atoms with van der Waals surface area (Å²) in [4.78, 5) is 33.3. The number of hydrogen-bond acceptors (Lipinski definition) is 6. The first kappa shape index (κ1) is 19.3. The molecule has 0 spiro atoms. The van der Waals surface area contributed by atoms with Crippen LogP contribution in [0.2, 0.25) is 0 Å². The maximum Gasteiger partial charge on any atom is 0.251 e. The van der Waals surface area contributed by atoms with Gasteiger partial charge in [-0.05, 0) is 37.6 Å². The second kappa shape index (κ2) is 8.53. The molecule has 150 valence electrons. The van der Waals surface area contributed by atoms with Gasteiger partial charge in [0, 0.05) is 44.7 Å². The largest absolute Gasteiger partial charge is 0.362 e. The van der Waals surface area contributed by atoms with Crippen molar-refractivity contribution in [2.24, 2.45) is 0 Å². The summed E-state index contributed by atoms with van der Waals surface area (Å²) in [6.45, 7) is 1.75. The minimum atomic E-state index is -0.142. The molecule has 4 rings (SSSR count). The van der Waals surface area contributed by atoms with Crippen molar-refractivity contribution in [2.45, 2.75) is 31.8 Å². The number of nitrogens with zero attached hydrogens (tertiary/aromatic N) is 5. The highest BCUT2D eigenvalue weighted by molar-refractivity contribution is 5.48. The minimum Gasteiger partial charge on any atom is -0.362 e. The fraction of sp³-hybridized carbons (Fsp3) is 0.364. The molecule has 0 bridgehead atoms. The van der Waals surface area contributed by atoms with Gasteiger partial charge in [0.1, 0.15) is 11.5 Å². The maximum atomic E-state index is 12.4. The van der Waals surface area contributed by atoms with E-state index in [-0.39, 0.29) is 11.6 Å². The third-order valence-electron chi connectivity index (χ3n) is 5.29. The van der Waals surface area contributed by atoms with Crippen molar-refractivity contribution in [3.63, 3.8) is 0 Å². The average molecular weight is 390 g/mol. The van der Waals surface area contributed by atoms with Crippen LogP contribution in [-0.2, 0) is 6.54 Å². The SMILES string of the molecule is CN(C)c1ncccc1CN1CCCC[C@H]1c1cc(=O)[nH]c(-c2ccccn2)n1. The molecular formula is C22H26N6O. The molecule has 0 saturated carbocycles. The molecule has 0 aliphatic carbocycles. The number of hydrogen-bond donors (Lipinski definition) is 1. The molecule has 3 aromatic rings. The first-order valence-corrected chi connectivity index (χ1v) is 10.00. The number of aromatic amines is 1. The second-order valence-electron chi connectivity index (χ2n) is 7.60. The summed E-state index contributed by atoms with van der Waals surface area (Å²) >= 11 is 0. The Morgan fingerprint density at radius 1 is 1.14 bits per heavy atom. The lowest BCUT2D eigenvalue weighted by atomic mass is 9.98. The number of pyridine rings is 2. The number of anilines is 1. The topological polar surface area (TPSA) is 78.0 Å². The molecule has 7 heteroatoms. The van der Waals surface area contributed by atoms with E-state index in [0.29, 0.717) is 11.5 Å². The third kappa shape index (κ3) is 4.35. The predicted molar refractivity (Wildman–Crippen MR) is 114 cm³/mol. The van der Waals surface area contributed by atoms with E-state index in [4.69, 9.17) is 4.98 Å². The maximum absolute atomic E-state index is 12.4. The third-order valence-corrected chi connectivity index (χ3v) is 5.29. The molecule has 3 aromatic heterocycles. The smallest absolute Gasteiger partial charge is 0.251 e. The van der Waals surface area contributed by atoms with E-state index in [0.717, 1.165) is 43.9 Å². The Morgan fingerprint density at radius 2 is 2.00 bits per heavy atom. The van der Waals surface area contributed by atoms with Gasteiger partial charge in [-0.2, -0.15) is 0 Å². The molecule has 0 amide bonds. The monoisotopic (exact) mass is 390 g/mol. The molecule has 29 heavy (non-hydrogen) atoms. The summed E-state index contributed by atoms with van der Waals surface area (Å²) in [7, 11) is 4.02. The van der Waals surface area contributed by atoms with Gasteiger partial charge in [-0.15, -0.1) is 0 Å². The average Bonchev–Trinajstić information content (AvgIpc) is 2.74. The van der Waals surface area contributed by atoms with Crippen LogP contribution in [0.3, 0.4) is 0 Å². The lowest BCUT2D eigenvalue weighted by Crippen LogP contribution is -2.34. The van der Waals surface area contributed by atoms with E-state index >= 15 is 0 Å². The number of likely N-dealkylation sites (tertiary alicyclic amines) is 1. The van der Waals surface area contributed by atoms with Gasteiger partial charge in [-0.3, -0.25) is 14.7 Å². The van der Waals surface area contributed by atoms with E-state index in [1.165, 1.54) is 5.56 Å². The molecular weight excluding hydrogens is 364 g/mol. The lowest BCUT2D eigenvalue weighted by Gasteiger charge is -2.36. The van der Waals surface area contributed by atoms with Crippen LogP contribution in [0.5, 0.6) is 0 Å². The van der Waals surface area contributed by atoms with Crippen molar-refractivity contribution >= 4 is 5.82 Å². The first-order valence-electron chi connectivity index (χ1n) is 10.00. The molecule has 1 aliphatic rings. The van der Waals surface area contributed by atoms with Gasteiger partial charge < -0.3 is 9.88 Å². The van der Waals surface area contributed by atoms with Crippen molar-refractivity contribution in [3.05, 3.63) is 70.4 Å². The van der Waals surface area contributed by atoms with E-state index in [1.807, 2.05) is 49.5 Å². The highest BCUT2D eigenvalue weighted by Crippen LogP contribution is 2.32. The number of H-pyrrole nitrogens is 1. The molecule has 7 nitrogen and oxygen atoms in total. The lowest BCUT2D eigenvalue weighted by molar-refractivity contribution is 0.137. The van der Waals surface area contributed by atoms with Gasteiger partial charge in [0.15, 0.2) is 5.82 Å². The van der Waals surface area contributed by atoms with Crippen LogP contribution in [0.25, 0.3) is 11.5 Å². The zero-order valence-corrected chi connectivity index (χ0v) is 16.9. The van der Waals surface area contributed by atoms with Crippen molar-refractivity contribution in [3.8, 4) is 11.5 Å². The fourth-order valence-electron chi connectivity index (χ4n) is 3.96. The zero-order chi connectivity index (χ0) is 20.2. The van der Waals surface area contributed by atoms with E-state index in [2.05, 4.69) is 25.9 Å². The van der Waals surface area contributed by atoms with Crippen LogP contribution in [-0.4, -0.2) is 45.5 Å². The van der Waals surface area contributed by atoms with Gasteiger partial charge in [0.25, 0.3) is 5.56 Å². The summed E-state index contributed by atoms with van der Waals surface area (Å²) in [6.07, 6.45) is 6.78. The molecule has 0 unspecified atom stereocenters. The molecule has 1 fully saturated rings. The van der Waals surface area contributed by atoms with Crippen molar-refractivity contribution < 1.29 is 0 Å². The number of piperidine rings is 1. The van der Waals surface area contributed by atoms with Crippen molar-refractivity contribution in [1.82, 2.24) is 24.8 Å². The Balaban J connectivity index is 1.67. The molecule has 1 saturated heterocycles. The summed E-state index contributed by atoms with van der Waals surface area (Å²) in [6, 6.07) is 11.4. The molecule has 0 radical (unpaired) electrons.